The largest absolute Gasteiger partial charge is 0.327 e. The molecule has 0 fully saturated rings. The summed E-state index contributed by atoms with van der Waals surface area (Å²) in [5.74, 6) is 5.28. The molecule has 0 aliphatic heterocycles. The van der Waals surface area contributed by atoms with E-state index in [0.717, 1.165) is 5.56 Å². The third-order valence-corrected chi connectivity index (χ3v) is 2.41. The molecular formula is C14H17N3O2. The molecule has 0 aliphatic carbocycles. The minimum absolute atomic E-state index is 0.150. The van der Waals surface area contributed by atoms with E-state index < -0.39 is 0 Å². The van der Waals surface area contributed by atoms with Gasteiger partial charge < -0.3 is 16.0 Å². The zero-order valence-corrected chi connectivity index (χ0v) is 11.3. The monoisotopic (exact) mass is 259 g/mol. The lowest BCUT2D eigenvalue weighted by atomic mass is 10.1. The molecule has 19 heavy (non-hydrogen) atoms. The van der Waals surface area contributed by atoms with Gasteiger partial charge in [-0.1, -0.05) is 12.0 Å². The summed E-state index contributed by atoms with van der Waals surface area (Å²) in [6.45, 7) is 5.27. The van der Waals surface area contributed by atoms with E-state index in [1.54, 1.807) is 25.1 Å². The summed E-state index contributed by atoms with van der Waals surface area (Å²) in [6, 6.07) is 4.99. The summed E-state index contributed by atoms with van der Waals surface area (Å²) in [6.07, 6.45) is 0. The first kappa shape index (κ1) is 14.6. The zero-order valence-electron chi connectivity index (χ0n) is 11.3. The molecule has 0 bridgehead atoms. The van der Waals surface area contributed by atoms with Crippen molar-refractivity contribution in [1.82, 2.24) is 5.32 Å². The average molecular weight is 259 g/mol. The van der Waals surface area contributed by atoms with Crippen LogP contribution in [-0.2, 0) is 4.79 Å². The molecule has 1 aromatic rings. The summed E-state index contributed by atoms with van der Waals surface area (Å²) in [5, 5.41) is 8.03. The van der Waals surface area contributed by atoms with Crippen molar-refractivity contribution in [3.8, 4) is 11.8 Å². The maximum Gasteiger partial charge on any atom is 0.320 e. The smallest absolute Gasteiger partial charge is 0.320 e. The molecule has 5 heteroatoms. The van der Waals surface area contributed by atoms with Crippen LogP contribution in [0, 0.1) is 18.8 Å². The third kappa shape index (κ3) is 4.72. The summed E-state index contributed by atoms with van der Waals surface area (Å²) >= 11 is 0. The predicted octanol–water partition coefficient (Wildman–Crippen LogP) is 2.10. The van der Waals surface area contributed by atoms with Gasteiger partial charge in [0.2, 0.25) is 5.91 Å². The second-order valence-corrected chi connectivity index (χ2v) is 3.89. The molecule has 0 aliphatic rings. The minimum Gasteiger partial charge on any atom is -0.327 e. The number of amides is 3. The van der Waals surface area contributed by atoms with Gasteiger partial charge in [-0.2, -0.15) is 0 Å². The molecule has 1 aromatic carbocycles. The highest BCUT2D eigenvalue weighted by Gasteiger charge is 2.07. The fourth-order valence-corrected chi connectivity index (χ4v) is 1.48. The standard InChI is InChI=1S/C14H17N3O2/c1-4-5-9-15-14(19)17-13-8-6-7-12(10(13)2)16-11(3)18/h6-8H,9H2,1-3H3,(H,16,18)(H2,15,17,19). The number of anilines is 2. The van der Waals surface area contributed by atoms with Crippen LogP contribution < -0.4 is 16.0 Å². The van der Waals surface area contributed by atoms with Gasteiger partial charge in [-0.25, -0.2) is 4.79 Å². The van der Waals surface area contributed by atoms with Gasteiger partial charge in [-0.05, 0) is 31.5 Å². The number of nitrogens with one attached hydrogen (secondary N) is 3. The Labute approximate surface area is 112 Å². The molecule has 0 spiro atoms. The van der Waals surface area contributed by atoms with Gasteiger partial charge >= 0.3 is 6.03 Å². The van der Waals surface area contributed by atoms with Crippen LogP contribution in [0.2, 0.25) is 0 Å². The SMILES string of the molecule is CC#CCNC(=O)Nc1cccc(NC(C)=O)c1C. The molecule has 3 N–H and O–H groups in total. The van der Waals surface area contributed by atoms with E-state index >= 15 is 0 Å². The molecule has 0 saturated carbocycles. The molecule has 5 nitrogen and oxygen atoms in total. The number of carbonyl (C=O) groups is 2. The van der Waals surface area contributed by atoms with Crippen molar-refractivity contribution in [2.45, 2.75) is 20.8 Å². The van der Waals surface area contributed by atoms with E-state index in [1.165, 1.54) is 6.92 Å². The number of hydrogen-bond donors (Lipinski definition) is 3. The van der Waals surface area contributed by atoms with Crippen LogP contribution in [0.4, 0.5) is 16.2 Å². The fraction of sp³-hybridized carbons (Fsp3) is 0.286. The number of benzene rings is 1. The highest BCUT2D eigenvalue weighted by molar-refractivity contribution is 5.94. The molecule has 0 unspecified atom stereocenters. The lowest BCUT2D eigenvalue weighted by Gasteiger charge is -2.12. The number of rotatable bonds is 3. The van der Waals surface area contributed by atoms with Crippen molar-refractivity contribution in [2.75, 3.05) is 17.2 Å². The Kier molecular flexibility index (Phi) is 5.42. The second-order valence-electron chi connectivity index (χ2n) is 3.89. The first-order chi connectivity index (χ1) is 9.04. The summed E-state index contributed by atoms with van der Waals surface area (Å²) in [5.41, 5.74) is 2.13. The van der Waals surface area contributed by atoms with E-state index in [-0.39, 0.29) is 11.9 Å². The van der Waals surface area contributed by atoms with Crippen LogP contribution in [0.15, 0.2) is 18.2 Å². The van der Waals surface area contributed by atoms with E-state index in [4.69, 9.17) is 0 Å². The normalized spacial score (nSPS) is 9.00. The van der Waals surface area contributed by atoms with Crippen LogP contribution in [-0.4, -0.2) is 18.5 Å². The van der Waals surface area contributed by atoms with Crippen LogP contribution in [0.1, 0.15) is 19.4 Å². The molecular weight excluding hydrogens is 242 g/mol. The van der Waals surface area contributed by atoms with Crippen molar-refractivity contribution in [1.29, 1.82) is 0 Å². The Hall–Kier alpha value is -2.48. The first-order valence-electron chi connectivity index (χ1n) is 5.86. The van der Waals surface area contributed by atoms with Crippen molar-refractivity contribution >= 4 is 23.3 Å². The van der Waals surface area contributed by atoms with E-state index in [1.807, 2.05) is 6.92 Å². The molecule has 0 aromatic heterocycles. The van der Waals surface area contributed by atoms with Crippen LogP contribution in [0.3, 0.4) is 0 Å². The Morgan fingerprint density at radius 2 is 1.84 bits per heavy atom. The molecule has 0 heterocycles. The van der Waals surface area contributed by atoms with E-state index in [2.05, 4.69) is 27.8 Å². The van der Waals surface area contributed by atoms with Crippen molar-refractivity contribution < 1.29 is 9.59 Å². The quantitative estimate of drug-likeness (QED) is 0.727. The summed E-state index contributed by atoms with van der Waals surface area (Å²) in [4.78, 5) is 22.6. The second kappa shape index (κ2) is 7.07. The lowest BCUT2D eigenvalue weighted by molar-refractivity contribution is -0.114. The maximum absolute atomic E-state index is 11.6. The maximum atomic E-state index is 11.6. The van der Waals surface area contributed by atoms with E-state index in [9.17, 15) is 9.59 Å². The number of carbonyl (C=O) groups excluding carboxylic acids is 2. The Morgan fingerprint density at radius 3 is 2.42 bits per heavy atom. The van der Waals surface area contributed by atoms with Gasteiger partial charge in [-0.15, -0.1) is 5.92 Å². The van der Waals surface area contributed by atoms with Crippen LogP contribution >= 0.6 is 0 Å². The Bertz CT molecular complexity index is 541. The topological polar surface area (TPSA) is 70.2 Å². The Balaban J connectivity index is 2.74. The molecule has 0 atom stereocenters. The van der Waals surface area contributed by atoms with Gasteiger partial charge in [0.1, 0.15) is 0 Å². The Morgan fingerprint density at radius 1 is 1.21 bits per heavy atom. The van der Waals surface area contributed by atoms with Gasteiger partial charge in [-0.3, -0.25) is 4.79 Å². The van der Waals surface area contributed by atoms with Crippen molar-refractivity contribution in [3.05, 3.63) is 23.8 Å². The van der Waals surface area contributed by atoms with Crippen LogP contribution in [0.25, 0.3) is 0 Å². The van der Waals surface area contributed by atoms with Gasteiger partial charge in [0.15, 0.2) is 0 Å². The highest BCUT2D eigenvalue weighted by atomic mass is 16.2. The summed E-state index contributed by atoms with van der Waals surface area (Å²) < 4.78 is 0. The zero-order chi connectivity index (χ0) is 14.3. The molecule has 0 saturated heterocycles. The van der Waals surface area contributed by atoms with Gasteiger partial charge in [0.05, 0.1) is 6.54 Å². The molecule has 0 radical (unpaired) electrons. The van der Waals surface area contributed by atoms with Gasteiger partial charge in [0.25, 0.3) is 0 Å². The molecule has 100 valence electrons. The fourth-order valence-electron chi connectivity index (χ4n) is 1.48. The van der Waals surface area contributed by atoms with Gasteiger partial charge in [0, 0.05) is 18.3 Å². The summed E-state index contributed by atoms with van der Waals surface area (Å²) in [7, 11) is 0. The highest BCUT2D eigenvalue weighted by Crippen LogP contribution is 2.23. The molecule has 1 rings (SSSR count). The average Bonchev–Trinajstić information content (AvgIpc) is 2.34. The van der Waals surface area contributed by atoms with Crippen molar-refractivity contribution in [2.24, 2.45) is 0 Å². The van der Waals surface area contributed by atoms with E-state index in [0.29, 0.717) is 17.9 Å². The third-order valence-electron chi connectivity index (χ3n) is 2.41. The first-order valence-corrected chi connectivity index (χ1v) is 5.86. The predicted molar refractivity (Wildman–Crippen MR) is 76.0 cm³/mol. The number of urea groups is 1. The minimum atomic E-state index is -0.328. The molecule has 3 amide bonds. The number of hydrogen-bond acceptors (Lipinski definition) is 2. The van der Waals surface area contributed by atoms with Crippen molar-refractivity contribution in [3.63, 3.8) is 0 Å². The lowest BCUT2D eigenvalue weighted by Crippen LogP contribution is -2.29. The van der Waals surface area contributed by atoms with Crippen LogP contribution in [0.5, 0.6) is 0 Å².